The van der Waals surface area contributed by atoms with E-state index in [0.29, 0.717) is 5.69 Å². The summed E-state index contributed by atoms with van der Waals surface area (Å²) in [5, 5.41) is 0. The predicted molar refractivity (Wildman–Crippen MR) is 109 cm³/mol. The Balaban J connectivity index is 2.16. The van der Waals surface area contributed by atoms with Crippen LogP contribution in [0.3, 0.4) is 0 Å². The van der Waals surface area contributed by atoms with Crippen LogP contribution in [0.15, 0.2) is 54.6 Å². The Morgan fingerprint density at radius 3 is 2.20 bits per heavy atom. The van der Waals surface area contributed by atoms with E-state index in [-0.39, 0.29) is 25.3 Å². The molecule has 2 aromatic rings. The number of Topliss-reactive ketones (excluding diaryl/α,β-unsaturated/α-hetero) is 1. The van der Waals surface area contributed by atoms with E-state index >= 15 is 0 Å². The van der Waals surface area contributed by atoms with Gasteiger partial charge in [0, 0.05) is 11.3 Å². The molecular weight excluding hydrogens is 386 g/mol. The number of fused-ring (bicyclic) bond motifs is 1. The van der Waals surface area contributed by atoms with Crippen LogP contribution in [0.1, 0.15) is 31.4 Å². The number of ether oxygens (including phenoxy) is 2. The van der Waals surface area contributed by atoms with Crippen LogP contribution in [0, 0.1) is 0 Å². The third-order valence-corrected chi connectivity index (χ3v) is 5.00. The molecule has 0 aliphatic carbocycles. The lowest BCUT2D eigenvalue weighted by molar-refractivity contribution is -0.162. The number of benzene rings is 2. The number of anilines is 1. The van der Waals surface area contributed by atoms with E-state index in [1.165, 1.54) is 4.90 Å². The zero-order chi connectivity index (χ0) is 21.7. The summed E-state index contributed by atoms with van der Waals surface area (Å²) >= 11 is 0. The molecule has 1 amide bonds. The lowest BCUT2D eigenvalue weighted by Gasteiger charge is -2.39. The van der Waals surface area contributed by atoms with Gasteiger partial charge >= 0.3 is 11.9 Å². The van der Waals surface area contributed by atoms with Gasteiger partial charge in [0.1, 0.15) is 0 Å². The van der Waals surface area contributed by atoms with Gasteiger partial charge in [-0.1, -0.05) is 48.5 Å². The number of hydrogen-bond acceptors (Lipinski definition) is 6. The number of carbonyl (C=O) groups is 4. The molecule has 1 heterocycles. The fourth-order valence-electron chi connectivity index (χ4n) is 3.66. The highest BCUT2D eigenvalue weighted by Crippen LogP contribution is 2.42. The topological polar surface area (TPSA) is 90.0 Å². The monoisotopic (exact) mass is 409 g/mol. The molecular formula is C23H23NO6. The molecule has 1 aliphatic rings. The number of rotatable bonds is 7. The van der Waals surface area contributed by atoms with Crippen molar-refractivity contribution in [2.75, 3.05) is 18.1 Å². The standard InChI is InChI=1S/C23H23NO6/c1-3-29-19(25)14-23(22(28)30-4-2)17-12-8-9-13-18(17)24(21(27)20(23)26)15-16-10-6-5-7-11-16/h5-13H,3-4,14-15H2,1-2H3/t23-/m0/s1. The van der Waals surface area contributed by atoms with Crippen molar-refractivity contribution >= 4 is 29.3 Å². The van der Waals surface area contributed by atoms with Crippen molar-refractivity contribution < 1.29 is 28.7 Å². The minimum absolute atomic E-state index is 0.000770. The van der Waals surface area contributed by atoms with Crippen molar-refractivity contribution in [3.63, 3.8) is 0 Å². The van der Waals surface area contributed by atoms with Crippen LogP contribution in [0.25, 0.3) is 0 Å². The first kappa shape index (κ1) is 21.2. The Bertz CT molecular complexity index is 971. The summed E-state index contributed by atoms with van der Waals surface area (Å²) in [5.41, 5.74) is -0.592. The fraction of sp³-hybridized carbons (Fsp3) is 0.304. The van der Waals surface area contributed by atoms with Crippen molar-refractivity contribution in [2.45, 2.75) is 32.2 Å². The lowest BCUT2D eigenvalue weighted by Crippen LogP contribution is -2.57. The molecule has 7 nitrogen and oxygen atoms in total. The molecule has 3 rings (SSSR count). The summed E-state index contributed by atoms with van der Waals surface area (Å²) in [6, 6.07) is 15.8. The average Bonchev–Trinajstić information content (AvgIpc) is 2.75. The molecule has 156 valence electrons. The second kappa shape index (κ2) is 8.90. The minimum Gasteiger partial charge on any atom is -0.466 e. The average molecular weight is 409 g/mol. The van der Waals surface area contributed by atoms with E-state index in [0.717, 1.165) is 5.56 Å². The third kappa shape index (κ3) is 3.70. The van der Waals surface area contributed by atoms with Gasteiger partial charge in [0.05, 0.1) is 26.2 Å². The molecule has 7 heteroatoms. The molecule has 0 N–H and O–H groups in total. The third-order valence-electron chi connectivity index (χ3n) is 5.00. The van der Waals surface area contributed by atoms with Gasteiger partial charge in [-0.25, -0.2) is 0 Å². The molecule has 0 radical (unpaired) electrons. The summed E-state index contributed by atoms with van der Waals surface area (Å²) in [6.45, 7) is 3.46. The Morgan fingerprint density at radius 2 is 1.53 bits per heavy atom. The summed E-state index contributed by atoms with van der Waals surface area (Å²) in [7, 11) is 0. The normalized spacial score (nSPS) is 18.0. The Kier molecular flexibility index (Phi) is 6.30. The highest BCUT2D eigenvalue weighted by Gasteiger charge is 2.58. The number of esters is 2. The van der Waals surface area contributed by atoms with Crippen LogP contribution >= 0.6 is 0 Å². The highest BCUT2D eigenvalue weighted by molar-refractivity contribution is 6.50. The van der Waals surface area contributed by atoms with Crippen LogP contribution in [-0.2, 0) is 40.6 Å². The second-order valence-electron chi connectivity index (χ2n) is 6.83. The maximum Gasteiger partial charge on any atom is 0.325 e. The Hall–Kier alpha value is -3.48. The molecule has 0 saturated heterocycles. The summed E-state index contributed by atoms with van der Waals surface area (Å²) < 4.78 is 10.1. The lowest BCUT2D eigenvalue weighted by atomic mass is 9.70. The zero-order valence-corrected chi connectivity index (χ0v) is 16.9. The molecule has 0 spiro atoms. The number of amides is 1. The van der Waals surface area contributed by atoms with E-state index in [1.54, 1.807) is 38.1 Å². The van der Waals surface area contributed by atoms with Crippen LogP contribution in [-0.4, -0.2) is 36.8 Å². The van der Waals surface area contributed by atoms with Gasteiger partial charge < -0.3 is 14.4 Å². The Morgan fingerprint density at radius 1 is 0.900 bits per heavy atom. The van der Waals surface area contributed by atoms with Gasteiger partial charge in [0.2, 0.25) is 5.78 Å². The van der Waals surface area contributed by atoms with Gasteiger partial charge in [0.25, 0.3) is 5.91 Å². The van der Waals surface area contributed by atoms with Crippen LogP contribution in [0.2, 0.25) is 0 Å². The quantitative estimate of drug-likeness (QED) is 0.397. The van der Waals surface area contributed by atoms with E-state index in [9.17, 15) is 19.2 Å². The molecule has 0 saturated carbocycles. The fourth-order valence-corrected chi connectivity index (χ4v) is 3.66. The van der Waals surface area contributed by atoms with E-state index in [4.69, 9.17) is 9.47 Å². The number of carbonyl (C=O) groups excluding carboxylic acids is 4. The molecule has 1 aliphatic heterocycles. The first-order chi connectivity index (χ1) is 14.5. The van der Waals surface area contributed by atoms with Crippen LogP contribution in [0.4, 0.5) is 5.69 Å². The van der Waals surface area contributed by atoms with E-state index in [1.807, 2.05) is 30.3 Å². The van der Waals surface area contributed by atoms with Gasteiger partial charge in [-0.05, 0) is 25.5 Å². The maximum absolute atomic E-state index is 13.4. The number of para-hydroxylation sites is 1. The van der Waals surface area contributed by atoms with Crippen molar-refractivity contribution in [3.8, 4) is 0 Å². The SMILES string of the molecule is CCOC(=O)C[C@@]1(C(=O)OCC)C(=O)C(=O)N(Cc2ccccc2)c2ccccc21. The zero-order valence-electron chi connectivity index (χ0n) is 16.9. The Labute approximate surface area is 174 Å². The first-order valence-electron chi connectivity index (χ1n) is 9.78. The predicted octanol–water partition coefficient (Wildman–Crippen LogP) is 2.56. The number of hydrogen-bond donors (Lipinski definition) is 0. The van der Waals surface area contributed by atoms with E-state index in [2.05, 4.69) is 0 Å². The van der Waals surface area contributed by atoms with Gasteiger partial charge in [0.15, 0.2) is 5.41 Å². The van der Waals surface area contributed by atoms with Gasteiger partial charge in [-0.3, -0.25) is 19.2 Å². The molecule has 0 bridgehead atoms. The number of ketones is 1. The van der Waals surface area contributed by atoms with Crippen molar-refractivity contribution in [1.82, 2.24) is 0 Å². The summed E-state index contributed by atoms with van der Waals surface area (Å²) in [5.74, 6) is -3.54. The van der Waals surface area contributed by atoms with Crippen molar-refractivity contribution in [3.05, 3.63) is 65.7 Å². The van der Waals surface area contributed by atoms with Crippen LogP contribution in [0.5, 0.6) is 0 Å². The van der Waals surface area contributed by atoms with Gasteiger partial charge in [-0.2, -0.15) is 0 Å². The minimum atomic E-state index is -2.07. The van der Waals surface area contributed by atoms with Gasteiger partial charge in [-0.15, -0.1) is 0 Å². The van der Waals surface area contributed by atoms with Crippen LogP contribution < -0.4 is 4.90 Å². The molecule has 1 atom stereocenters. The van der Waals surface area contributed by atoms with E-state index < -0.39 is 35.5 Å². The summed E-state index contributed by atoms with van der Waals surface area (Å²) in [6.07, 6.45) is -0.597. The van der Waals surface area contributed by atoms with Crippen molar-refractivity contribution in [2.24, 2.45) is 0 Å². The smallest absolute Gasteiger partial charge is 0.325 e. The molecule has 0 aromatic heterocycles. The first-order valence-corrected chi connectivity index (χ1v) is 9.78. The second-order valence-corrected chi connectivity index (χ2v) is 6.83. The highest BCUT2D eigenvalue weighted by atomic mass is 16.5. The summed E-state index contributed by atoms with van der Waals surface area (Å²) in [4.78, 5) is 53.2. The number of nitrogens with zero attached hydrogens (tertiary/aromatic N) is 1. The van der Waals surface area contributed by atoms with Crippen molar-refractivity contribution in [1.29, 1.82) is 0 Å². The molecule has 30 heavy (non-hydrogen) atoms. The maximum atomic E-state index is 13.4. The largest absolute Gasteiger partial charge is 0.466 e. The molecule has 0 fully saturated rings. The molecule has 0 unspecified atom stereocenters. The molecule has 2 aromatic carbocycles.